The summed E-state index contributed by atoms with van der Waals surface area (Å²) in [6, 6.07) is 9.66. The highest BCUT2D eigenvalue weighted by Gasteiger charge is 2.23. The number of aromatic nitrogens is 1. The fraction of sp³-hybridized carbons (Fsp3) is 0.421. The standard InChI is InChI=1S/C19H24N2O4S/c1-3-25-11-7-10-21(13-14(2)19(23)24)18(22)16-12-20-17(26-16)15-8-5-4-6-9-15/h4-6,8-9,12,14H,3,7,10-11,13H2,1-2H3,(H,23,24). The molecule has 1 atom stereocenters. The molecule has 0 fully saturated rings. The molecule has 1 unspecified atom stereocenters. The van der Waals surface area contributed by atoms with Crippen molar-refractivity contribution in [3.8, 4) is 10.6 Å². The van der Waals surface area contributed by atoms with E-state index in [2.05, 4.69) is 4.98 Å². The van der Waals surface area contributed by atoms with E-state index in [9.17, 15) is 14.7 Å². The molecule has 7 heteroatoms. The number of rotatable bonds is 10. The van der Waals surface area contributed by atoms with Crippen LogP contribution in [0, 0.1) is 5.92 Å². The lowest BCUT2D eigenvalue weighted by atomic mass is 10.1. The second-order valence-electron chi connectivity index (χ2n) is 5.94. The number of hydrogen-bond acceptors (Lipinski definition) is 5. The van der Waals surface area contributed by atoms with Gasteiger partial charge in [0.05, 0.1) is 12.1 Å². The van der Waals surface area contributed by atoms with Gasteiger partial charge < -0.3 is 14.7 Å². The van der Waals surface area contributed by atoms with E-state index in [1.165, 1.54) is 11.3 Å². The second kappa shape index (κ2) is 10.0. The molecular formula is C19H24N2O4S. The molecule has 0 aliphatic carbocycles. The first-order valence-corrected chi connectivity index (χ1v) is 9.45. The molecule has 1 aromatic carbocycles. The number of carbonyl (C=O) groups is 2. The lowest BCUT2D eigenvalue weighted by Crippen LogP contribution is -2.37. The predicted molar refractivity (Wildman–Crippen MR) is 101 cm³/mol. The Morgan fingerprint density at radius 1 is 1.31 bits per heavy atom. The Kier molecular flexibility index (Phi) is 7.74. The fourth-order valence-electron chi connectivity index (χ4n) is 2.43. The van der Waals surface area contributed by atoms with Crippen molar-refractivity contribution in [2.75, 3.05) is 26.3 Å². The van der Waals surface area contributed by atoms with Crippen LogP contribution in [0.1, 0.15) is 29.9 Å². The summed E-state index contributed by atoms with van der Waals surface area (Å²) in [6.07, 6.45) is 2.23. The maximum absolute atomic E-state index is 12.9. The van der Waals surface area contributed by atoms with Gasteiger partial charge in [-0.05, 0) is 13.3 Å². The van der Waals surface area contributed by atoms with E-state index in [-0.39, 0.29) is 12.5 Å². The first-order chi connectivity index (χ1) is 12.5. The van der Waals surface area contributed by atoms with E-state index >= 15 is 0 Å². The van der Waals surface area contributed by atoms with Crippen LogP contribution in [-0.4, -0.2) is 53.2 Å². The number of amides is 1. The first-order valence-electron chi connectivity index (χ1n) is 8.64. The highest BCUT2D eigenvalue weighted by molar-refractivity contribution is 7.16. The van der Waals surface area contributed by atoms with Crippen LogP contribution in [0.4, 0.5) is 0 Å². The van der Waals surface area contributed by atoms with Crippen molar-refractivity contribution in [3.05, 3.63) is 41.4 Å². The van der Waals surface area contributed by atoms with Gasteiger partial charge in [0.2, 0.25) is 0 Å². The number of benzene rings is 1. The van der Waals surface area contributed by atoms with Gasteiger partial charge in [0, 0.05) is 31.9 Å². The SMILES string of the molecule is CCOCCCN(CC(C)C(=O)O)C(=O)c1cnc(-c2ccccc2)s1. The third-order valence-corrected chi connectivity index (χ3v) is 4.90. The van der Waals surface area contributed by atoms with Crippen LogP contribution < -0.4 is 0 Å². The summed E-state index contributed by atoms with van der Waals surface area (Å²) in [5.74, 6) is -1.73. The van der Waals surface area contributed by atoms with Crippen molar-refractivity contribution in [3.63, 3.8) is 0 Å². The largest absolute Gasteiger partial charge is 0.481 e. The zero-order valence-electron chi connectivity index (χ0n) is 15.1. The molecule has 1 aromatic heterocycles. The molecule has 0 radical (unpaired) electrons. The lowest BCUT2D eigenvalue weighted by molar-refractivity contribution is -0.141. The fourth-order valence-corrected chi connectivity index (χ4v) is 3.32. The van der Waals surface area contributed by atoms with E-state index in [0.29, 0.717) is 31.1 Å². The van der Waals surface area contributed by atoms with Crippen molar-refractivity contribution in [2.24, 2.45) is 5.92 Å². The molecule has 0 aliphatic heterocycles. The highest BCUT2D eigenvalue weighted by atomic mass is 32.1. The number of aliphatic carboxylic acids is 1. The maximum Gasteiger partial charge on any atom is 0.308 e. The molecule has 140 valence electrons. The number of carbonyl (C=O) groups excluding carboxylic acids is 1. The number of carboxylic acids is 1. The summed E-state index contributed by atoms with van der Waals surface area (Å²) >= 11 is 1.32. The third kappa shape index (κ3) is 5.64. The molecule has 2 aromatic rings. The Morgan fingerprint density at radius 2 is 2.04 bits per heavy atom. The van der Waals surface area contributed by atoms with Gasteiger partial charge in [0.15, 0.2) is 0 Å². The van der Waals surface area contributed by atoms with Crippen molar-refractivity contribution < 1.29 is 19.4 Å². The van der Waals surface area contributed by atoms with E-state index in [1.54, 1.807) is 18.0 Å². The van der Waals surface area contributed by atoms with Crippen LogP contribution in [0.2, 0.25) is 0 Å². The maximum atomic E-state index is 12.9. The number of thiazole rings is 1. The van der Waals surface area contributed by atoms with Crippen molar-refractivity contribution >= 4 is 23.2 Å². The van der Waals surface area contributed by atoms with Crippen LogP contribution in [0.3, 0.4) is 0 Å². The quantitative estimate of drug-likeness (QED) is 0.643. The number of hydrogen-bond donors (Lipinski definition) is 1. The van der Waals surface area contributed by atoms with Crippen LogP contribution in [0.25, 0.3) is 10.6 Å². The Labute approximate surface area is 157 Å². The summed E-state index contributed by atoms with van der Waals surface area (Å²) in [5, 5.41) is 9.95. The Bertz CT molecular complexity index is 717. The molecular weight excluding hydrogens is 352 g/mol. The minimum atomic E-state index is -0.915. The van der Waals surface area contributed by atoms with Crippen LogP contribution in [-0.2, 0) is 9.53 Å². The normalized spacial score (nSPS) is 11.9. The van der Waals surface area contributed by atoms with E-state index < -0.39 is 11.9 Å². The molecule has 0 aliphatic rings. The number of nitrogens with zero attached hydrogens (tertiary/aromatic N) is 2. The molecule has 6 nitrogen and oxygen atoms in total. The smallest absolute Gasteiger partial charge is 0.308 e. The van der Waals surface area contributed by atoms with E-state index in [1.807, 2.05) is 37.3 Å². The summed E-state index contributed by atoms with van der Waals surface area (Å²) in [7, 11) is 0. The zero-order chi connectivity index (χ0) is 18.9. The van der Waals surface area contributed by atoms with Gasteiger partial charge in [-0.15, -0.1) is 11.3 Å². The van der Waals surface area contributed by atoms with E-state index in [4.69, 9.17) is 4.74 Å². The zero-order valence-corrected chi connectivity index (χ0v) is 15.9. The van der Waals surface area contributed by atoms with Gasteiger partial charge in [-0.3, -0.25) is 9.59 Å². The predicted octanol–water partition coefficient (Wildman–Crippen LogP) is 3.40. The van der Waals surface area contributed by atoms with Crippen molar-refractivity contribution in [2.45, 2.75) is 20.3 Å². The van der Waals surface area contributed by atoms with Crippen LogP contribution in [0.15, 0.2) is 36.5 Å². The van der Waals surface area contributed by atoms with Gasteiger partial charge in [-0.1, -0.05) is 37.3 Å². The van der Waals surface area contributed by atoms with Gasteiger partial charge in [0.1, 0.15) is 9.88 Å². The Morgan fingerprint density at radius 3 is 2.69 bits per heavy atom. The number of carboxylic acid groups (broad SMARTS) is 1. The molecule has 1 N–H and O–H groups in total. The Hall–Kier alpha value is -2.25. The summed E-state index contributed by atoms with van der Waals surface area (Å²) in [5.41, 5.74) is 0.957. The van der Waals surface area contributed by atoms with Gasteiger partial charge >= 0.3 is 5.97 Å². The summed E-state index contributed by atoms with van der Waals surface area (Å²) in [4.78, 5) is 30.5. The lowest BCUT2D eigenvalue weighted by Gasteiger charge is -2.23. The van der Waals surface area contributed by atoms with Crippen LogP contribution >= 0.6 is 11.3 Å². The van der Waals surface area contributed by atoms with Gasteiger partial charge in [-0.25, -0.2) is 4.98 Å². The topological polar surface area (TPSA) is 79.7 Å². The van der Waals surface area contributed by atoms with E-state index in [0.717, 1.165) is 10.6 Å². The van der Waals surface area contributed by atoms with Crippen LogP contribution in [0.5, 0.6) is 0 Å². The molecule has 0 bridgehead atoms. The highest BCUT2D eigenvalue weighted by Crippen LogP contribution is 2.26. The number of ether oxygens (including phenoxy) is 1. The van der Waals surface area contributed by atoms with Gasteiger partial charge in [-0.2, -0.15) is 0 Å². The monoisotopic (exact) mass is 376 g/mol. The van der Waals surface area contributed by atoms with Crippen molar-refractivity contribution in [1.29, 1.82) is 0 Å². The first kappa shape index (κ1) is 20.1. The van der Waals surface area contributed by atoms with Crippen molar-refractivity contribution in [1.82, 2.24) is 9.88 Å². The Balaban J connectivity index is 2.11. The summed E-state index contributed by atoms with van der Waals surface area (Å²) < 4.78 is 5.32. The minimum Gasteiger partial charge on any atom is -0.481 e. The molecule has 0 spiro atoms. The average Bonchev–Trinajstić information content (AvgIpc) is 3.14. The third-order valence-electron chi connectivity index (χ3n) is 3.86. The molecule has 0 saturated heterocycles. The summed E-state index contributed by atoms with van der Waals surface area (Å²) in [6.45, 7) is 5.30. The molecule has 2 rings (SSSR count). The molecule has 1 heterocycles. The minimum absolute atomic E-state index is 0.166. The second-order valence-corrected chi connectivity index (χ2v) is 6.97. The van der Waals surface area contributed by atoms with Gasteiger partial charge in [0.25, 0.3) is 5.91 Å². The molecule has 0 saturated carbocycles. The average molecular weight is 376 g/mol. The molecule has 1 amide bonds. The molecule has 26 heavy (non-hydrogen) atoms.